The zero-order valence-electron chi connectivity index (χ0n) is 17.6. The Balaban J connectivity index is 1.49. The Hall–Kier alpha value is -2.53. The van der Waals surface area contributed by atoms with E-state index in [1.807, 2.05) is 12.1 Å². The van der Waals surface area contributed by atoms with Crippen LogP contribution < -0.4 is 16.0 Å². The molecular formula is C21H24F3N5O2S. The van der Waals surface area contributed by atoms with Crippen LogP contribution >= 0.6 is 11.8 Å². The van der Waals surface area contributed by atoms with Crippen LogP contribution in [-0.2, 0) is 23.8 Å². The van der Waals surface area contributed by atoms with Gasteiger partial charge in [-0.1, -0.05) is 23.9 Å². The molecule has 4 rings (SSSR count). The molecule has 2 aliphatic rings. The number of thioether (sulfide) groups is 1. The molecule has 1 N–H and O–H groups in total. The molecule has 1 aliphatic carbocycles. The van der Waals surface area contributed by atoms with Crippen LogP contribution in [-0.4, -0.2) is 59.4 Å². The molecular weight excluding hydrogens is 443 g/mol. The number of likely N-dealkylation sites (N-methyl/N-ethyl adjacent to an activating group) is 1. The molecule has 7 nitrogen and oxygen atoms in total. The minimum absolute atomic E-state index is 0.135. The third-order valence-corrected chi connectivity index (χ3v) is 6.71. The van der Waals surface area contributed by atoms with Crippen molar-refractivity contribution in [2.75, 3.05) is 49.3 Å². The van der Waals surface area contributed by atoms with Crippen molar-refractivity contribution in [2.24, 2.45) is 0 Å². The Labute approximate surface area is 187 Å². The second-order valence-electron chi connectivity index (χ2n) is 7.93. The number of aromatic nitrogens is 2. The molecule has 1 aliphatic heterocycles. The Morgan fingerprint density at radius 3 is 2.59 bits per heavy atom. The summed E-state index contributed by atoms with van der Waals surface area (Å²) in [5.41, 5.74) is 0.332. The molecule has 0 atom stereocenters. The van der Waals surface area contributed by atoms with Gasteiger partial charge in [0.1, 0.15) is 5.03 Å². The average molecular weight is 468 g/mol. The highest BCUT2D eigenvalue weighted by Gasteiger charge is 2.33. The first-order chi connectivity index (χ1) is 15.2. The van der Waals surface area contributed by atoms with Gasteiger partial charge >= 0.3 is 11.9 Å². The van der Waals surface area contributed by atoms with Gasteiger partial charge in [0.15, 0.2) is 0 Å². The van der Waals surface area contributed by atoms with E-state index in [4.69, 9.17) is 0 Å². The number of alkyl halides is 3. The summed E-state index contributed by atoms with van der Waals surface area (Å²) in [5.74, 6) is -0.715. The van der Waals surface area contributed by atoms with E-state index in [0.29, 0.717) is 5.03 Å². The summed E-state index contributed by atoms with van der Waals surface area (Å²) < 4.78 is 41.1. The second-order valence-corrected chi connectivity index (χ2v) is 8.89. The molecule has 11 heteroatoms. The molecule has 0 spiro atoms. The standard InChI is InChI=1S/C21H24F3N5O2S/c1-27-9-11-28(12-10-27)29-17-8-4-5-14(17)19(26-20(29)31)32-13-18(30)25-16-7-3-2-6-15(16)21(22,23)24/h2-3,6-7H,4-5,8-13H2,1H3,(H,25,30). The van der Waals surface area contributed by atoms with E-state index in [0.717, 1.165) is 74.5 Å². The fraction of sp³-hybridized carbons (Fsp3) is 0.476. The summed E-state index contributed by atoms with van der Waals surface area (Å²) in [6.07, 6.45) is -2.14. The maximum absolute atomic E-state index is 13.1. The van der Waals surface area contributed by atoms with Gasteiger partial charge in [-0.3, -0.25) is 4.79 Å². The number of halogens is 3. The molecule has 2 aromatic rings. The fourth-order valence-corrected chi connectivity index (χ4v) is 4.95. The van der Waals surface area contributed by atoms with Crippen molar-refractivity contribution in [1.82, 2.24) is 14.6 Å². The summed E-state index contributed by atoms with van der Waals surface area (Å²) in [6.45, 7) is 3.19. The van der Waals surface area contributed by atoms with E-state index >= 15 is 0 Å². The van der Waals surface area contributed by atoms with Crippen molar-refractivity contribution < 1.29 is 18.0 Å². The number of carbonyl (C=O) groups excluding carboxylic acids is 1. The SMILES string of the molecule is CN1CCN(n2c3c(c(SCC(=O)Nc4ccccc4C(F)(F)F)nc2=O)CCC3)CC1. The summed E-state index contributed by atoms with van der Waals surface area (Å²) in [5, 5.41) is 4.85. The third-order valence-electron chi connectivity index (χ3n) is 5.69. The van der Waals surface area contributed by atoms with E-state index in [1.165, 1.54) is 18.2 Å². The molecule has 32 heavy (non-hydrogen) atoms. The number of para-hydroxylation sites is 1. The van der Waals surface area contributed by atoms with Crippen molar-refractivity contribution in [3.63, 3.8) is 0 Å². The predicted octanol–water partition coefficient (Wildman–Crippen LogP) is 2.37. The highest BCUT2D eigenvalue weighted by atomic mass is 32.2. The molecule has 0 saturated carbocycles. The average Bonchev–Trinajstić information content (AvgIpc) is 3.22. The van der Waals surface area contributed by atoms with Crippen molar-refractivity contribution in [3.05, 3.63) is 51.6 Å². The van der Waals surface area contributed by atoms with Crippen LogP contribution in [0.25, 0.3) is 0 Å². The van der Waals surface area contributed by atoms with Crippen LogP contribution in [0.1, 0.15) is 23.2 Å². The number of anilines is 1. The lowest BCUT2D eigenvalue weighted by Gasteiger charge is -2.35. The van der Waals surface area contributed by atoms with Gasteiger partial charge in [-0.05, 0) is 38.4 Å². The van der Waals surface area contributed by atoms with Crippen molar-refractivity contribution in [3.8, 4) is 0 Å². The van der Waals surface area contributed by atoms with Crippen molar-refractivity contribution >= 4 is 23.4 Å². The molecule has 1 saturated heterocycles. The first-order valence-corrected chi connectivity index (χ1v) is 11.4. The molecule has 1 amide bonds. The summed E-state index contributed by atoms with van der Waals surface area (Å²) >= 11 is 1.09. The predicted molar refractivity (Wildman–Crippen MR) is 117 cm³/mol. The first kappa shape index (κ1) is 22.7. The molecule has 0 radical (unpaired) electrons. The van der Waals surface area contributed by atoms with Crippen LogP contribution in [0.5, 0.6) is 0 Å². The third kappa shape index (κ3) is 4.78. The minimum atomic E-state index is -4.56. The van der Waals surface area contributed by atoms with Crippen LogP contribution in [0.4, 0.5) is 18.9 Å². The van der Waals surface area contributed by atoms with Crippen LogP contribution in [0.2, 0.25) is 0 Å². The van der Waals surface area contributed by atoms with Gasteiger partial charge in [0.05, 0.1) is 22.7 Å². The fourth-order valence-electron chi connectivity index (χ4n) is 4.08. The normalized spacial score (nSPS) is 16.8. The molecule has 1 aromatic heterocycles. The van der Waals surface area contributed by atoms with Gasteiger partial charge in [0, 0.05) is 31.7 Å². The van der Waals surface area contributed by atoms with Gasteiger partial charge in [-0.15, -0.1) is 0 Å². The Morgan fingerprint density at radius 1 is 1.16 bits per heavy atom. The number of hydrogen-bond acceptors (Lipinski definition) is 6. The zero-order valence-corrected chi connectivity index (χ0v) is 18.4. The number of nitrogens with one attached hydrogen (secondary N) is 1. The maximum Gasteiger partial charge on any atom is 0.418 e. The lowest BCUT2D eigenvalue weighted by atomic mass is 10.1. The smallest absolute Gasteiger partial charge is 0.325 e. The molecule has 0 bridgehead atoms. The van der Waals surface area contributed by atoms with Crippen LogP contribution in [0.3, 0.4) is 0 Å². The number of amides is 1. The topological polar surface area (TPSA) is 70.5 Å². The van der Waals surface area contributed by atoms with E-state index in [-0.39, 0.29) is 17.1 Å². The lowest BCUT2D eigenvalue weighted by Crippen LogP contribution is -2.54. The highest BCUT2D eigenvalue weighted by molar-refractivity contribution is 8.00. The number of benzene rings is 1. The van der Waals surface area contributed by atoms with E-state index < -0.39 is 17.6 Å². The van der Waals surface area contributed by atoms with E-state index in [9.17, 15) is 22.8 Å². The van der Waals surface area contributed by atoms with Crippen molar-refractivity contribution in [2.45, 2.75) is 30.5 Å². The number of nitrogens with zero attached hydrogens (tertiary/aromatic N) is 4. The lowest BCUT2D eigenvalue weighted by molar-refractivity contribution is -0.137. The Kier molecular flexibility index (Phi) is 6.47. The van der Waals surface area contributed by atoms with Crippen molar-refractivity contribution in [1.29, 1.82) is 0 Å². The van der Waals surface area contributed by atoms with E-state index in [1.54, 1.807) is 4.68 Å². The van der Waals surface area contributed by atoms with E-state index in [2.05, 4.69) is 15.2 Å². The van der Waals surface area contributed by atoms with Gasteiger partial charge in [0.2, 0.25) is 5.91 Å². The minimum Gasteiger partial charge on any atom is -0.325 e. The molecule has 172 valence electrons. The first-order valence-electron chi connectivity index (χ1n) is 10.4. The molecule has 1 aromatic carbocycles. The molecule has 0 unspecified atom stereocenters. The van der Waals surface area contributed by atoms with Gasteiger partial charge in [-0.2, -0.15) is 18.2 Å². The molecule has 1 fully saturated rings. The number of rotatable bonds is 5. The quantitative estimate of drug-likeness (QED) is 0.538. The summed E-state index contributed by atoms with van der Waals surface area (Å²) in [4.78, 5) is 31.6. The summed E-state index contributed by atoms with van der Waals surface area (Å²) in [6, 6.07) is 4.86. The van der Waals surface area contributed by atoms with Gasteiger partial charge in [-0.25, -0.2) is 9.47 Å². The number of piperazine rings is 1. The monoisotopic (exact) mass is 467 g/mol. The molecule has 2 heterocycles. The van der Waals surface area contributed by atoms with Crippen LogP contribution in [0, 0.1) is 0 Å². The Bertz CT molecular complexity index is 1060. The maximum atomic E-state index is 13.1. The van der Waals surface area contributed by atoms with Gasteiger partial charge in [0.25, 0.3) is 0 Å². The van der Waals surface area contributed by atoms with Crippen LogP contribution in [0.15, 0.2) is 34.1 Å². The highest BCUT2D eigenvalue weighted by Crippen LogP contribution is 2.35. The summed E-state index contributed by atoms with van der Waals surface area (Å²) in [7, 11) is 2.04. The second kappa shape index (κ2) is 9.14. The number of hydrogen-bond donors (Lipinski definition) is 1. The van der Waals surface area contributed by atoms with Gasteiger partial charge < -0.3 is 15.2 Å². The Morgan fingerprint density at radius 2 is 1.88 bits per heavy atom. The largest absolute Gasteiger partial charge is 0.418 e. The number of carbonyl (C=O) groups is 1. The zero-order chi connectivity index (χ0) is 22.9. The number of fused-ring (bicyclic) bond motifs is 1.